The molecule has 1 heterocycles. The molecule has 0 bridgehead atoms. The van der Waals surface area contributed by atoms with Gasteiger partial charge in [0.25, 0.3) is 0 Å². The average molecular weight is 173 g/mol. The van der Waals surface area contributed by atoms with Gasteiger partial charge in [-0.1, -0.05) is 0 Å². The second-order valence-corrected chi connectivity index (χ2v) is 3.16. The highest BCUT2D eigenvalue weighted by Crippen LogP contribution is 2.07. The fourth-order valence-corrected chi connectivity index (χ4v) is 1.39. The first-order chi connectivity index (χ1) is 5.93. The molecule has 72 valence electrons. The van der Waals surface area contributed by atoms with Gasteiger partial charge in [0.15, 0.2) is 0 Å². The number of rotatable bonds is 5. The summed E-state index contributed by atoms with van der Waals surface area (Å²) in [5.74, 6) is 0. The van der Waals surface area contributed by atoms with Crippen molar-refractivity contribution in [2.24, 2.45) is 0 Å². The summed E-state index contributed by atoms with van der Waals surface area (Å²) < 4.78 is 10.5. The standard InChI is InChI=1S/C9H19NO2/c1-11-7-4-8-12-9-5-2-3-6-10-9/h9-10H,2-8H2,1H3. The molecule has 0 aromatic heterocycles. The van der Waals surface area contributed by atoms with Crippen molar-refractivity contribution in [1.29, 1.82) is 0 Å². The van der Waals surface area contributed by atoms with Gasteiger partial charge in [0.2, 0.25) is 0 Å². The summed E-state index contributed by atoms with van der Waals surface area (Å²) in [5.41, 5.74) is 0. The predicted molar refractivity (Wildman–Crippen MR) is 48.1 cm³/mol. The fourth-order valence-electron chi connectivity index (χ4n) is 1.39. The van der Waals surface area contributed by atoms with E-state index in [0.29, 0.717) is 6.23 Å². The van der Waals surface area contributed by atoms with E-state index in [-0.39, 0.29) is 0 Å². The Labute approximate surface area is 74.4 Å². The number of piperidine rings is 1. The van der Waals surface area contributed by atoms with Gasteiger partial charge in [-0.2, -0.15) is 0 Å². The highest BCUT2D eigenvalue weighted by atomic mass is 16.5. The zero-order valence-corrected chi connectivity index (χ0v) is 7.84. The molecule has 0 aromatic carbocycles. The van der Waals surface area contributed by atoms with E-state index < -0.39 is 0 Å². The highest BCUT2D eigenvalue weighted by Gasteiger charge is 2.11. The van der Waals surface area contributed by atoms with Crippen molar-refractivity contribution >= 4 is 0 Å². The van der Waals surface area contributed by atoms with Gasteiger partial charge in [-0.3, -0.25) is 5.32 Å². The van der Waals surface area contributed by atoms with Crippen LogP contribution in [0.3, 0.4) is 0 Å². The molecule has 1 saturated heterocycles. The number of hydrogen-bond acceptors (Lipinski definition) is 3. The lowest BCUT2D eigenvalue weighted by molar-refractivity contribution is 0.00379. The smallest absolute Gasteiger partial charge is 0.108 e. The molecule has 1 aliphatic heterocycles. The van der Waals surface area contributed by atoms with Gasteiger partial charge < -0.3 is 9.47 Å². The molecule has 3 heteroatoms. The molecular weight excluding hydrogens is 154 g/mol. The molecule has 1 unspecified atom stereocenters. The number of hydrogen-bond donors (Lipinski definition) is 1. The topological polar surface area (TPSA) is 30.5 Å². The van der Waals surface area contributed by atoms with Crippen LogP contribution in [0, 0.1) is 0 Å². The third-order valence-corrected chi connectivity index (χ3v) is 2.08. The van der Waals surface area contributed by atoms with Crippen LogP contribution in [0.15, 0.2) is 0 Å². The first-order valence-corrected chi connectivity index (χ1v) is 4.77. The SMILES string of the molecule is COCCCOC1CCCCN1. The lowest BCUT2D eigenvalue weighted by atomic mass is 10.1. The van der Waals surface area contributed by atoms with E-state index in [0.717, 1.165) is 32.6 Å². The van der Waals surface area contributed by atoms with Gasteiger partial charge in [-0.05, 0) is 32.2 Å². The zero-order chi connectivity index (χ0) is 8.65. The van der Waals surface area contributed by atoms with Crippen molar-refractivity contribution < 1.29 is 9.47 Å². The largest absolute Gasteiger partial charge is 0.385 e. The molecule has 0 aliphatic carbocycles. The van der Waals surface area contributed by atoms with Crippen LogP contribution < -0.4 is 5.32 Å². The summed E-state index contributed by atoms with van der Waals surface area (Å²) in [7, 11) is 1.72. The van der Waals surface area contributed by atoms with Crippen molar-refractivity contribution in [3.8, 4) is 0 Å². The molecular formula is C9H19NO2. The second kappa shape index (κ2) is 6.40. The van der Waals surface area contributed by atoms with E-state index in [1.165, 1.54) is 12.8 Å². The first-order valence-electron chi connectivity index (χ1n) is 4.77. The van der Waals surface area contributed by atoms with Crippen molar-refractivity contribution in [2.75, 3.05) is 26.9 Å². The average Bonchev–Trinajstić information content (AvgIpc) is 2.14. The van der Waals surface area contributed by atoms with Crippen LogP contribution in [0.5, 0.6) is 0 Å². The van der Waals surface area contributed by atoms with Gasteiger partial charge in [0.05, 0.1) is 6.61 Å². The molecule has 0 saturated carbocycles. The Hall–Kier alpha value is -0.120. The van der Waals surface area contributed by atoms with Gasteiger partial charge in [-0.15, -0.1) is 0 Å². The molecule has 1 fully saturated rings. The molecule has 1 N–H and O–H groups in total. The number of ether oxygens (including phenoxy) is 2. The Morgan fingerprint density at radius 1 is 1.33 bits per heavy atom. The van der Waals surface area contributed by atoms with E-state index in [4.69, 9.17) is 9.47 Å². The van der Waals surface area contributed by atoms with Crippen LogP contribution in [-0.4, -0.2) is 33.1 Å². The second-order valence-electron chi connectivity index (χ2n) is 3.16. The highest BCUT2D eigenvalue weighted by molar-refractivity contribution is 4.63. The van der Waals surface area contributed by atoms with Crippen molar-refractivity contribution in [3.05, 3.63) is 0 Å². The Kier molecular flexibility index (Phi) is 5.32. The molecule has 3 nitrogen and oxygen atoms in total. The van der Waals surface area contributed by atoms with E-state index in [1.807, 2.05) is 0 Å². The summed E-state index contributed by atoms with van der Waals surface area (Å²) >= 11 is 0. The zero-order valence-electron chi connectivity index (χ0n) is 7.84. The molecule has 1 rings (SSSR count). The van der Waals surface area contributed by atoms with Crippen molar-refractivity contribution in [3.63, 3.8) is 0 Å². The Balaban J connectivity index is 1.91. The van der Waals surface area contributed by atoms with Gasteiger partial charge >= 0.3 is 0 Å². The van der Waals surface area contributed by atoms with E-state index in [1.54, 1.807) is 7.11 Å². The quantitative estimate of drug-likeness (QED) is 0.632. The number of nitrogens with one attached hydrogen (secondary N) is 1. The monoisotopic (exact) mass is 173 g/mol. The van der Waals surface area contributed by atoms with Crippen LogP contribution in [0.25, 0.3) is 0 Å². The van der Waals surface area contributed by atoms with Crippen LogP contribution >= 0.6 is 0 Å². The van der Waals surface area contributed by atoms with Gasteiger partial charge in [0, 0.05) is 13.7 Å². The minimum atomic E-state index is 0.301. The first kappa shape index (κ1) is 9.96. The normalized spacial score (nSPS) is 24.2. The third kappa shape index (κ3) is 4.04. The summed E-state index contributed by atoms with van der Waals surface area (Å²) in [4.78, 5) is 0. The van der Waals surface area contributed by atoms with Crippen LogP contribution in [0.2, 0.25) is 0 Å². The number of methoxy groups -OCH3 is 1. The lowest BCUT2D eigenvalue weighted by Gasteiger charge is -2.23. The Bertz CT molecular complexity index is 103. The van der Waals surface area contributed by atoms with E-state index >= 15 is 0 Å². The van der Waals surface area contributed by atoms with E-state index in [9.17, 15) is 0 Å². The minimum absolute atomic E-state index is 0.301. The summed E-state index contributed by atoms with van der Waals surface area (Å²) in [6.07, 6.45) is 5.04. The Morgan fingerprint density at radius 2 is 2.25 bits per heavy atom. The molecule has 0 radical (unpaired) electrons. The maximum absolute atomic E-state index is 5.59. The molecule has 1 aliphatic rings. The van der Waals surface area contributed by atoms with Gasteiger partial charge in [0.1, 0.15) is 6.23 Å². The molecule has 0 spiro atoms. The van der Waals surface area contributed by atoms with E-state index in [2.05, 4.69) is 5.32 Å². The lowest BCUT2D eigenvalue weighted by Crippen LogP contribution is -2.36. The van der Waals surface area contributed by atoms with Gasteiger partial charge in [-0.25, -0.2) is 0 Å². The maximum Gasteiger partial charge on any atom is 0.108 e. The summed E-state index contributed by atoms with van der Waals surface area (Å²) in [6, 6.07) is 0. The third-order valence-electron chi connectivity index (χ3n) is 2.08. The minimum Gasteiger partial charge on any atom is -0.385 e. The van der Waals surface area contributed by atoms with Crippen molar-refractivity contribution in [2.45, 2.75) is 31.9 Å². The van der Waals surface area contributed by atoms with Crippen molar-refractivity contribution in [1.82, 2.24) is 5.32 Å². The maximum atomic E-state index is 5.59. The summed E-state index contributed by atoms with van der Waals surface area (Å²) in [5, 5.41) is 3.33. The molecule has 1 atom stereocenters. The molecule has 12 heavy (non-hydrogen) atoms. The fraction of sp³-hybridized carbons (Fsp3) is 1.00. The summed E-state index contributed by atoms with van der Waals surface area (Å²) in [6.45, 7) is 2.72. The Morgan fingerprint density at radius 3 is 2.92 bits per heavy atom. The molecule has 0 aromatic rings. The molecule has 0 amide bonds. The van der Waals surface area contributed by atoms with Crippen LogP contribution in [0.4, 0.5) is 0 Å². The predicted octanol–water partition coefficient (Wildman–Crippen LogP) is 1.14. The van der Waals surface area contributed by atoms with Crippen LogP contribution in [0.1, 0.15) is 25.7 Å². The van der Waals surface area contributed by atoms with Crippen LogP contribution in [-0.2, 0) is 9.47 Å².